The third-order valence-corrected chi connectivity index (χ3v) is 1.83. The summed E-state index contributed by atoms with van der Waals surface area (Å²) in [4.78, 5) is 4.03. The molecule has 1 aromatic carbocycles. The summed E-state index contributed by atoms with van der Waals surface area (Å²) >= 11 is 0. The third kappa shape index (κ3) is 1.46. The van der Waals surface area contributed by atoms with E-state index in [-0.39, 0.29) is 6.61 Å². The average molecular weight is 175 g/mol. The van der Waals surface area contributed by atoms with Crippen LogP contribution in [0.4, 0.5) is 0 Å². The number of aliphatic hydroxyl groups is 1. The first kappa shape index (κ1) is 8.01. The number of rotatable bonds is 2. The number of aromatic nitrogens is 1. The summed E-state index contributed by atoms with van der Waals surface area (Å²) < 4.78 is 5.01. The molecule has 0 aliphatic rings. The monoisotopic (exact) mass is 175 g/mol. The lowest BCUT2D eigenvalue weighted by molar-refractivity contribution is 0.248. The van der Waals surface area contributed by atoms with Gasteiger partial charge in [0.25, 0.3) is 0 Å². The molecule has 3 heteroatoms. The van der Waals surface area contributed by atoms with E-state index >= 15 is 0 Å². The molecule has 0 amide bonds. The van der Waals surface area contributed by atoms with Crippen LogP contribution in [-0.4, -0.2) is 10.1 Å². The van der Waals surface area contributed by atoms with Gasteiger partial charge in [0, 0.05) is 5.56 Å². The van der Waals surface area contributed by atoms with Gasteiger partial charge in [-0.25, -0.2) is 4.98 Å². The number of oxazole rings is 1. The van der Waals surface area contributed by atoms with Crippen LogP contribution in [-0.2, 0) is 6.61 Å². The molecule has 1 aromatic heterocycles. The van der Waals surface area contributed by atoms with Crippen molar-refractivity contribution in [3.63, 3.8) is 0 Å². The number of benzene rings is 1. The highest BCUT2D eigenvalue weighted by atomic mass is 16.4. The van der Waals surface area contributed by atoms with Gasteiger partial charge in [-0.2, -0.15) is 0 Å². The van der Waals surface area contributed by atoms with Gasteiger partial charge >= 0.3 is 0 Å². The summed E-state index contributed by atoms with van der Waals surface area (Å²) in [5.41, 5.74) is 1.67. The first-order valence-electron chi connectivity index (χ1n) is 4.00. The summed E-state index contributed by atoms with van der Waals surface area (Å²) in [6, 6.07) is 9.63. The highest BCUT2D eigenvalue weighted by Crippen LogP contribution is 2.21. The van der Waals surface area contributed by atoms with E-state index < -0.39 is 0 Å². The fraction of sp³-hybridized carbons (Fsp3) is 0.100. The van der Waals surface area contributed by atoms with Crippen LogP contribution < -0.4 is 0 Å². The van der Waals surface area contributed by atoms with E-state index in [1.807, 2.05) is 30.3 Å². The van der Waals surface area contributed by atoms with Crippen molar-refractivity contribution in [2.75, 3.05) is 0 Å². The molecule has 2 aromatic rings. The van der Waals surface area contributed by atoms with E-state index in [0.717, 1.165) is 5.56 Å². The second-order valence-corrected chi connectivity index (χ2v) is 2.65. The summed E-state index contributed by atoms with van der Waals surface area (Å²) in [6.45, 7) is -0.121. The Morgan fingerprint density at radius 2 is 2.00 bits per heavy atom. The van der Waals surface area contributed by atoms with Gasteiger partial charge in [-0.05, 0) is 0 Å². The van der Waals surface area contributed by atoms with E-state index in [0.29, 0.717) is 11.5 Å². The highest BCUT2D eigenvalue weighted by molar-refractivity contribution is 5.60. The number of nitrogens with zero attached hydrogens (tertiary/aromatic N) is 1. The predicted octanol–water partition coefficient (Wildman–Crippen LogP) is 1.83. The Kier molecular flexibility index (Phi) is 2.10. The van der Waals surface area contributed by atoms with E-state index in [1.165, 1.54) is 6.39 Å². The molecule has 0 saturated carbocycles. The van der Waals surface area contributed by atoms with Gasteiger partial charge in [0.1, 0.15) is 12.3 Å². The van der Waals surface area contributed by atoms with Crippen molar-refractivity contribution < 1.29 is 9.52 Å². The maximum Gasteiger partial charge on any atom is 0.181 e. The molecule has 66 valence electrons. The minimum absolute atomic E-state index is 0.121. The van der Waals surface area contributed by atoms with Crippen molar-refractivity contribution in [3.05, 3.63) is 42.5 Å². The quantitative estimate of drug-likeness (QED) is 0.757. The smallest absolute Gasteiger partial charge is 0.181 e. The third-order valence-electron chi connectivity index (χ3n) is 1.83. The van der Waals surface area contributed by atoms with Crippen LogP contribution in [0.25, 0.3) is 11.3 Å². The zero-order chi connectivity index (χ0) is 9.10. The Bertz CT molecular complexity index is 381. The van der Waals surface area contributed by atoms with Gasteiger partial charge in [-0.15, -0.1) is 0 Å². The topological polar surface area (TPSA) is 46.3 Å². The molecule has 0 atom stereocenters. The molecule has 3 nitrogen and oxygen atoms in total. The van der Waals surface area contributed by atoms with Crippen LogP contribution in [0.3, 0.4) is 0 Å². The van der Waals surface area contributed by atoms with E-state index in [2.05, 4.69) is 4.98 Å². The van der Waals surface area contributed by atoms with Gasteiger partial charge < -0.3 is 9.52 Å². The summed E-state index contributed by atoms with van der Waals surface area (Å²) in [7, 11) is 0. The first-order chi connectivity index (χ1) is 6.42. The summed E-state index contributed by atoms with van der Waals surface area (Å²) in [5, 5.41) is 8.93. The van der Waals surface area contributed by atoms with Gasteiger partial charge in [0.15, 0.2) is 12.2 Å². The van der Waals surface area contributed by atoms with Gasteiger partial charge in [-0.1, -0.05) is 30.3 Å². The lowest BCUT2D eigenvalue weighted by Crippen LogP contribution is -1.84. The molecule has 0 saturated heterocycles. The number of hydrogen-bond acceptors (Lipinski definition) is 3. The maximum atomic E-state index is 8.93. The minimum Gasteiger partial charge on any atom is -0.445 e. The maximum absolute atomic E-state index is 8.93. The highest BCUT2D eigenvalue weighted by Gasteiger charge is 2.07. The van der Waals surface area contributed by atoms with Crippen molar-refractivity contribution >= 4 is 0 Å². The molecular weight excluding hydrogens is 166 g/mol. The Labute approximate surface area is 75.7 Å². The van der Waals surface area contributed by atoms with Crippen LogP contribution in [0.5, 0.6) is 0 Å². The Balaban J connectivity index is 2.47. The minimum atomic E-state index is -0.121. The number of aliphatic hydroxyl groups excluding tert-OH is 1. The molecule has 0 unspecified atom stereocenters. The van der Waals surface area contributed by atoms with Crippen LogP contribution in [0.2, 0.25) is 0 Å². The lowest BCUT2D eigenvalue weighted by atomic mass is 10.1. The van der Waals surface area contributed by atoms with Crippen LogP contribution in [0.1, 0.15) is 5.76 Å². The summed E-state index contributed by atoms with van der Waals surface area (Å²) in [6.07, 6.45) is 1.34. The van der Waals surface area contributed by atoms with E-state index in [1.54, 1.807) is 0 Å². The normalized spacial score (nSPS) is 10.2. The molecule has 0 bridgehead atoms. The zero-order valence-electron chi connectivity index (χ0n) is 6.97. The number of hydrogen-bond donors (Lipinski definition) is 1. The van der Waals surface area contributed by atoms with Crippen LogP contribution in [0.15, 0.2) is 41.1 Å². The molecule has 0 fully saturated rings. The Hall–Kier alpha value is -1.61. The fourth-order valence-corrected chi connectivity index (χ4v) is 1.21. The SMILES string of the molecule is OCc1ocnc1-c1ccccc1. The van der Waals surface area contributed by atoms with E-state index in [4.69, 9.17) is 9.52 Å². The molecule has 2 rings (SSSR count). The predicted molar refractivity (Wildman–Crippen MR) is 47.9 cm³/mol. The van der Waals surface area contributed by atoms with E-state index in [9.17, 15) is 0 Å². The molecule has 0 aliphatic heterocycles. The van der Waals surface area contributed by atoms with Gasteiger partial charge in [-0.3, -0.25) is 0 Å². The fourth-order valence-electron chi connectivity index (χ4n) is 1.21. The molecule has 1 heterocycles. The van der Waals surface area contributed by atoms with Crippen molar-refractivity contribution in [1.29, 1.82) is 0 Å². The second-order valence-electron chi connectivity index (χ2n) is 2.65. The molecule has 0 radical (unpaired) electrons. The van der Waals surface area contributed by atoms with Crippen molar-refractivity contribution in [3.8, 4) is 11.3 Å². The average Bonchev–Trinajstić information content (AvgIpc) is 2.67. The van der Waals surface area contributed by atoms with Crippen LogP contribution >= 0.6 is 0 Å². The molecule has 0 aliphatic carbocycles. The van der Waals surface area contributed by atoms with Crippen molar-refractivity contribution in [1.82, 2.24) is 4.98 Å². The largest absolute Gasteiger partial charge is 0.445 e. The second kappa shape index (κ2) is 3.41. The lowest BCUT2D eigenvalue weighted by Gasteiger charge is -1.96. The molecule has 13 heavy (non-hydrogen) atoms. The molecule has 1 N–H and O–H groups in total. The Morgan fingerprint density at radius 3 is 2.69 bits per heavy atom. The standard InChI is InChI=1S/C10H9NO2/c12-6-9-10(11-7-13-9)8-4-2-1-3-5-8/h1-5,7,12H,6H2. The first-order valence-corrected chi connectivity index (χ1v) is 4.00. The van der Waals surface area contributed by atoms with Crippen LogP contribution in [0, 0.1) is 0 Å². The van der Waals surface area contributed by atoms with Crippen molar-refractivity contribution in [2.45, 2.75) is 6.61 Å². The Morgan fingerprint density at radius 1 is 1.23 bits per heavy atom. The van der Waals surface area contributed by atoms with Gasteiger partial charge in [0.05, 0.1) is 0 Å². The molecular formula is C10H9NO2. The van der Waals surface area contributed by atoms with Crippen molar-refractivity contribution in [2.24, 2.45) is 0 Å². The molecule has 0 spiro atoms. The zero-order valence-corrected chi connectivity index (χ0v) is 6.97. The van der Waals surface area contributed by atoms with Gasteiger partial charge in [0.2, 0.25) is 0 Å². The summed E-state index contributed by atoms with van der Waals surface area (Å²) in [5.74, 6) is 0.506.